The molecule has 0 unspecified atom stereocenters. The number of ether oxygens (including phenoxy) is 1. The Bertz CT molecular complexity index is 1220. The van der Waals surface area contributed by atoms with Gasteiger partial charge in [0.25, 0.3) is 0 Å². The zero-order valence-corrected chi connectivity index (χ0v) is 13.4. The molecule has 1 N–H and O–H groups in total. The van der Waals surface area contributed by atoms with Gasteiger partial charge in [-0.25, -0.2) is 4.98 Å². The summed E-state index contributed by atoms with van der Waals surface area (Å²) in [7, 11) is 0. The average Bonchev–Trinajstić information content (AvgIpc) is 2.75. The molecule has 0 atom stereocenters. The van der Waals surface area contributed by atoms with Crippen molar-refractivity contribution in [3.05, 3.63) is 49.1 Å². The van der Waals surface area contributed by atoms with Crippen LogP contribution in [-0.4, -0.2) is 58.4 Å². The van der Waals surface area contributed by atoms with E-state index < -0.39 is 38.6 Å². The lowest BCUT2D eigenvalue weighted by Crippen LogP contribution is -2.41. The Labute approximate surface area is 162 Å². The van der Waals surface area contributed by atoms with Crippen molar-refractivity contribution in [3.63, 3.8) is 0 Å². The maximum Gasteiger partial charge on any atom is 0.239 e. The van der Waals surface area contributed by atoms with Gasteiger partial charge in [-0.2, -0.15) is 0 Å². The molecule has 4 heterocycles. The van der Waals surface area contributed by atoms with Gasteiger partial charge < -0.3 is 10.1 Å². The maximum absolute atomic E-state index is 12.7. The second kappa shape index (κ2) is 7.55. The molecule has 1 saturated heterocycles. The van der Waals surface area contributed by atoms with Crippen molar-refractivity contribution in [1.29, 1.82) is 0 Å². The Morgan fingerprint density at radius 1 is 1.19 bits per heavy atom. The predicted molar refractivity (Wildman–Crippen MR) is 98.7 cm³/mol. The molecule has 3 aromatic heterocycles. The molecular weight excluding hydrogens is 330 g/mol. The number of hydrogen-bond acceptors (Lipinski definition) is 6. The fourth-order valence-electron chi connectivity index (χ4n) is 2.39. The van der Waals surface area contributed by atoms with Crippen LogP contribution in [0.5, 0.6) is 0 Å². The van der Waals surface area contributed by atoms with E-state index in [2.05, 4.69) is 25.0 Å². The number of nitrogens with one attached hydrogen (secondary N) is 1. The highest BCUT2D eigenvalue weighted by Gasteiger charge is 2.14. The van der Waals surface area contributed by atoms with Gasteiger partial charge in [-0.15, -0.1) is 0 Å². The molecule has 1 amide bonds. The van der Waals surface area contributed by atoms with Crippen LogP contribution in [0.3, 0.4) is 0 Å². The minimum Gasteiger partial charge on any atom is -0.379 e. The second-order valence-corrected chi connectivity index (χ2v) is 5.39. The van der Waals surface area contributed by atoms with Gasteiger partial charge in [-0.1, -0.05) is 0 Å². The van der Waals surface area contributed by atoms with Crippen molar-refractivity contribution in [2.45, 2.75) is 0 Å². The lowest BCUT2D eigenvalue weighted by Gasteiger charge is -2.25. The van der Waals surface area contributed by atoms with Gasteiger partial charge in [-0.3, -0.25) is 19.7 Å². The Morgan fingerprint density at radius 2 is 2.04 bits per heavy atom. The third kappa shape index (κ3) is 3.84. The lowest BCUT2D eigenvalue weighted by molar-refractivity contribution is -0.118. The van der Waals surface area contributed by atoms with E-state index in [1.165, 1.54) is 6.20 Å². The molecule has 7 nitrogen and oxygen atoms in total. The second-order valence-electron chi connectivity index (χ2n) is 5.39. The molecular formula is C19H19N5O2. The fraction of sp³-hybridized carbons (Fsp3) is 0.263. The Hall–Kier alpha value is -2.90. The maximum atomic E-state index is 12.7. The van der Waals surface area contributed by atoms with Crippen molar-refractivity contribution in [3.8, 4) is 11.3 Å². The minimum absolute atomic E-state index is 0.0845. The van der Waals surface area contributed by atoms with Crippen LogP contribution in [0.2, 0.25) is 0 Å². The molecule has 7 heteroatoms. The predicted octanol–water partition coefficient (Wildman–Crippen LogP) is 1.96. The number of carbonyl (C=O) groups is 1. The summed E-state index contributed by atoms with van der Waals surface area (Å²) in [6.07, 6.45) is 6.37. The van der Waals surface area contributed by atoms with Crippen LogP contribution in [-0.2, 0) is 9.53 Å². The number of hydrogen-bond donors (Lipinski definition) is 1. The van der Waals surface area contributed by atoms with Crippen molar-refractivity contribution >= 4 is 22.5 Å². The summed E-state index contributed by atoms with van der Waals surface area (Å²) in [6, 6.07) is 6.93. The molecule has 1 aliphatic heterocycles. The van der Waals surface area contributed by atoms with Gasteiger partial charge >= 0.3 is 0 Å². The van der Waals surface area contributed by atoms with E-state index in [1.807, 2.05) is 6.07 Å². The Morgan fingerprint density at radius 3 is 2.85 bits per heavy atom. The molecule has 1 fully saturated rings. The number of carbonyl (C=O) groups excluding carboxylic acids is 1. The summed E-state index contributed by atoms with van der Waals surface area (Å²) in [5, 5.41) is 3.80. The first kappa shape index (κ1) is 9.70. The molecule has 0 aromatic carbocycles. The van der Waals surface area contributed by atoms with Crippen molar-refractivity contribution < 1.29 is 20.5 Å². The molecule has 0 bridgehead atoms. The Kier molecular flexibility index (Phi) is 2.82. The first-order valence-corrected chi connectivity index (χ1v) is 7.69. The molecule has 1 aliphatic rings. The van der Waals surface area contributed by atoms with Gasteiger partial charge in [0.05, 0.1) is 30.8 Å². The van der Waals surface area contributed by atoms with Crippen LogP contribution >= 0.6 is 0 Å². The normalized spacial score (nSPS) is 27.4. The monoisotopic (exact) mass is 357 g/mol. The first-order chi connectivity index (χ1) is 15.7. The van der Waals surface area contributed by atoms with E-state index in [4.69, 9.17) is 11.0 Å². The van der Waals surface area contributed by atoms with Gasteiger partial charge in [0.1, 0.15) is 5.82 Å². The van der Waals surface area contributed by atoms with E-state index in [-0.39, 0.29) is 10.7 Å². The third-order valence-electron chi connectivity index (χ3n) is 3.59. The van der Waals surface area contributed by atoms with Crippen molar-refractivity contribution in [1.82, 2.24) is 19.9 Å². The molecule has 132 valence electrons. The number of aromatic nitrogens is 3. The molecule has 3 aromatic rings. The van der Waals surface area contributed by atoms with Crippen LogP contribution in [0.1, 0.15) is 11.0 Å². The summed E-state index contributed by atoms with van der Waals surface area (Å²) in [5.74, 6) is -0.837. The van der Waals surface area contributed by atoms with Gasteiger partial charge in [0.2, 0.25) is 5.91 Å². The summed E-state index contributed by atoms with van der Waals surface area (Å²) < 4.78 is 67.2. The summed E-state index contributed by atoms with van der Waals surface area (Å²) in [4.78, 5) is 25.4. The standard InChI is InChI=1S/C19H19N5O2/c25-19(13-24-4-6-26-7-5-24)23-18-9-15-8-17(14-2-1-3-20-10-14)21-11-16(15)12-22-18/h1-3,8-12H,4-7,13H2,(H,22,23,25)/i4D2,5D2,6D2,7D2. The Balaban J connectivity index is 1.59. The van der Waals surface area contributed by atoms with E-state index in [1.54, 1.807) is 36.8 Å². The number of rotatable bonds is 4. The number of morpholine rings is 1. The summed E-state index contributed by atoms with van der Waals surface area (Å²) in [6.45, 7) is -13.8. The first-order valence-electron chi connectivity index (χ1n) is 11.7. The number of amides is 1. The highest BCUT2D eigenvalue weighted by Crippen LogP contribution is 2.22. The number of pyridine rings is 3. The molecule has 0 spiro atoms. The van der Waals surface area contributed by atoms with Gasteiger partial charge in [-0.05, 0) is 29.7 Å². The number of fused-ring (bicyclic) bond motifs is 1. The van der Waals surface area contributed by atoms with Crippen LogP contribution in [0.15, 0.2) is 49.1 Å². The van der Waals surface area contributed by atoms with Crippen LogP contribution < -0.4 is 5.32 Å². The quantitative estimate of drug-likeness (QED) is 0.769. The van der Waals surface area contributed by atoms with E-state index in [9.17, 15) is 4.79 Å². The zero-order valence-electron chi connectivity index (χ0n) is 21.4. The lowest BCUT2D eigenvalue weighted by atomic mass is 10.1. The number of nitrogens with zero attached hydrogens (tertiary/aromatic N) is 4. The van der Waals surface area contributed by atoms with Crippen molar-refractivity contribution in [2.24, 2.45) is 0 Å². The average molecular weight is 357 g/mol. The molecule has 0 saturated carbocycles. The van der Waals surface area contributed by atoms with Gasteiger partial charge in [0.15, 0.2) is 0 Å². The van der Waals surface area contributed by atoms with Crippen LogP contribution in [0.4, 0.5) is 5.82 Å². The van der Waals surface area contributed by atoms with E-state index in [0.29, 0.717) is 16.5 Å². The highest BCUT2D eigenvalue weighted by atomic mass is 16.5. The smallest absolute Gasteiger partial charge is 0.239 e. The fourth-order valence-corrected chi connectivity index (χ4v) is 2.39. The molecule has 26 heavy (non-hydrogen) atoms. The van der Waals surface area contributed by atoms with Crippen molar-refractivity contribution in [2.75, 3.05) is 38.0 Å². The minimum atomic E-state index is -3.22. The van der Waals surface area contributed by atoms with Crippen LogP contribution in [0.25, 0.3) is 22.0 Å². The SMILES string of the molecule is [2H]C1([2H])OC([2H])([2H])C([2H])([2H])N(CC(=O)Nc2cc3cc(-c4cccnc4)ncc3cn2)C1([2H])[2H]. The van der Waals surface area contributed by atoms with Crippen LogP contribution in [0, 0.1) is 0 Å². The summed E-state index contributed by atoms with van der Waals surface area (Å²) >= 11 is 0. The summed E-state index contributed by atoms with van der Waals surface area (Å²) in [5.41, 5.74) is 1.43. The third-order valence-corrected chi connectivity index (χ3v) is 3.59. The number of anilines is 1. The molecule has 0 aliphatic carbocycles. The van der Waals surface area contributed by atoms with E-state index >= 15 is 0 Å². The zero-order chi connectivity index (χ0) is 24.9. The van der Waals surface area contributed by atoms with E-state index in [0.717, 1.165) is 5.56 Å². The highest BCUT2D eigenvalue weighted by molar-refractivity contribution is 5.94. The topological polar surface area (TPSA) is 80.2 Å². The molecule has 0 radical (unpaired) electrons. The largest absolute Gasteiger partial charge is 0.379 e. The van der Waals surface area contributed by atoms with Gasteiger partial charge in [0, 0.05) is 54.2 Å². The molecule has 4 rings (SSSR count).